The Morgan fingerprint density at radius 1 is 1.21 bits per heavy atom. The highest BCUT2D eigenvalue weighted by Gasteiger charge is 2.07. The molecule has 0 aliphatic rings. The summed E-state index contributed by atoms with van der Waals surface area (Å²) in [5, 5.41) is 8.92. The molecule has 0 radical (unpaired) electrons. The highest BCUT2D eigenvalue weighted by atomic mass is 15.2. The van der Waals surface area contributed by atoms with Gasteiger partial charge in [-0.3, -0.25) is 0 Å². The monoisotopic (exact) mass is 252 g/mol. The third-order valence-electron chi connectivity index (χ3n) is 2.88. The number of likely N-dealkylation sites (N-methyl/N-ethyl adjacent to an activating group) is 1. The molecule has 0 aliphatic carbocycles. The van der Waals surface area contributed by atoms with Crippen LogP contribution in [0, 0.1) is 18.3 Å². The van der Waals surface area contributed by atoms with Crippen LogP contribution in [-0.2, 0) is 6.42 Å². The molecular weight excluding hydrogens is 236 g/mol. The van der Waals surface area contributed by atoms with Crippen LogP contribution in [-0.4, -0.2) is 23.6 Å². The number of nitrogens with zero attached hydrogens (tertiary/aromatic N) is 4. The molecule has 0 atom stereocenters. The predicted octanol–water partition coefficient (Wildman–Crippen LogP) is 2.34. The first kappa shape index (κ1) is 13.0. The van der Waals surface area contributed by atoms with Crippen molar-refractivity contribution in [2.24, 2.45) is 0 Å². The minimum Gasteiger partial charge on any atom is -0.344 e. The summed E-state index contributed by atoms with van der Waals surface area (Å²) in [6.07, 6.45) is 0.927. The van der Waals surface area contributed by atoms with E-state index in [-0.39, 0.29) is 0 Å². The minimum atomic E-state index is 0.411. The average molecular weight is 252 g/mol. The molecule has 0 fully saturated rings. The topological polar surface area (TPSA) is 52.8 Å². The van der Waals surface area contributed by atoms with Crippen LogP contribution >= 0.6 is 0 Å². The Morgan fingerprint density at radius 2 is 1.95 bits per heavy atom. The predicted molar refractivity (Wildman–Crippen MR) is 74.9 cm³/mol. The zero-order valence-electron chi connectivity index (χ0n) is 11.2. The highest BCUT2D eigenvalue weighted by molar-refractivity contribution is 5.35. The summed E-state index contributed by atoms with van der Waals surface area (Å²) in [5.41, 5.74) is 2.50. The van der Waals surface area contributed by atoms with Crippen molar-refractivity contribution >= 4 is 5.95 Å². The molecule has 0 saturated carbocycles. The Morgan fingerprint density at radius 3 is 2.63 bits per heavy atom. The van der Waals surface area contributed by atoms with Crippen LogP contribution in [0.4, 0.5) is 5.95 Å². The number of anilines is 1. The molecule has 1 heterocycles. The lowest BCUT2D eigenvalue weighted by Gasteiger charge is -2.17. The van der Waals surface area contributed by atoms with Gasteiger partial charge in [0.05, 0.1) is 0 Å². The summed E-state index contributed by atoms with van der Waals surface area (Å²) in [4.78, 5) is 10.5. The maximum Gasteiger partial charge on any atom is 0.226 e. The molecule has 2 aromatic rings. The smallest absolute Gasteiger partial charge is 0.226 e. The van der Waals surface area contributed by atoms with E-state index in [1.807, 2.05) is 37.1 Å². The zero-order chi connectivity index (χ0) is 13.7. The first-order chi connectivity index (χ1) is 9.19. The number of nitriles is 1. The van der Waals surface area contributed by atoms with Crippen molar-refractivity contribution in [3.8, 4) is 6.07 Å². The van der Waals surface area contributed by atoms with E-state index in [4.69, 9.17) is 5.26 Å². The van der Waals surface area contributed by atoms with Crippen molar-refractivity contribution in [1.82, 2.24) is 9.97 Å². The van der Waals surface area contributed by atoms with Gasteiger partial charge in [-0.1, -0.05) is 30.3 Å². The average Bonchev–Trinajstić information content (AvgIpc) is 2.45. The summed E-state index contributed by atoms with van der Waals surface area (Å²) >= 11 is 0. The van der Waals surface area contributed by atoms with E-state index in [1.54, 1.807) is 6.07 Å². The molecule has 0 saturated heterocycles. The molecule has 0 spiro atoms. The van der Waals surface area contributed by atoms with Gasteiger partial charge < -0.3 is 4.90 Å². The van der Waals surface area contributed by atoms with Crippen molar-refractivity contribution in [2.75, 3.05) is 18.5 Å². The Labute approximate surface area is 113 Å². The number of rotatable bonds is 4. The van der Waals surface area contributed by atoms with E-state index in [9.17, 15) is 0 Å². The molecule has 4 nitrogen and oxygen atoms in total. The van der Waals surface area contributed by atoms with E-state index in [1.165, 1.54) is 5.56 Å². The van der Waals surface area contributed by atoms with Gasteiger partial charge in [-0.25, -0.2) is 9.97 Å². The molecule has 19 heavy (non-hydrogen) atoms. The molecular formula is C15H16N4. The molecule has 0 N–H and O–H groups in total. The van der Waals surface area contributed by atoms with Crippen LogP contribution in [0.15, 0.2) is 36.4 Å². The molecule has 1 aromatic carbocycles. The van der Waals surface area contributed by atoms with E-state index in [0.717, 1.165) is 18.7 Å². The van der Waals surface area contributed by atoms with Crippen LogP contribution in [0.2, 0.25) is 0 Å². The van der Waals surface area contributed by atoms with Gasteiger partial charge in [0.25, 0.3) is 0 Å². The molecule has 0 bridgehead atoms. The first-order valence-corrected chi connectivity index (χ1v) is 6.20. The second kappa shape index (κ2) is 5.96. The second-order valence-corrected chi connectivity index (χ2v) is 4.46. The number of aromatic nitrogens is 2. The third kappa shape index (κ3) is 3.52. The summed E-state index contributed by atoms with van der Waals surface area (Å²) in [5.74, 6) is 0.604. The summed E-state index contributed by atoms with van der Waals surface area (Å²) in [7, 11) is 1.94. The van der Waals surface area contributed by atoms with Crippen molar-refractivity contribution in [3.05, 3.63) is 53.3 Å². The molecule has 0 aliphatic heterocycles. The minimum absolute atomic E-state index is 0.411. The lowest BCUT2D eigenvalue weighted by atomic mass is 10.1. The van der Waals surface area contributed by atoms with E-state index >= 15 is 0 Å². The normalized spacial score (nSPS) is 9.95. The van der Waals surface area contributed by atoms with Crippen molar-refractivity contribution < 1.29 is 0 Å². The fourth-order valence-electron chi connectivity index (χ4n) is 1.82. The maximum atomic E-state index is 8.92. The highest BCUT2D eigenvalue weighted by Crippen LogP contribution is 2.09. The van der Waals surface area contributed by atoms with Gasteiger partial charge in [0, 0.05) is 19.3 Å². The van der Waals surface area contributed by atoms with Crippen molar-refractivity contribution in [1.29, 1.82) is 5.26 Å². The quantitative estimate of drug-likeness (QED) is 0.838. The van der Waals surface area contributed by atoms with Crippen molar-refractivity contribution in [2.45, 2.75) is 13.3 Å². The fraction of sp³-hybridized carbons (Fsp3) is 0.267. The number of hydrogen-bond donors (Lipinski definition) is 0. The number of hydrogen-bond acceptors (Lipinski definition) is 4. The van der Waals surface area contributed by atoms with E-state index < -0.39 is 0 Å². The fourth-order valence-corrected chi connectivity index (χ4v) is 1.82. The van der Waals surface area contributed by atoms with Gasteiger partial charge in [0.1, 0.15) is 11.8 Å². The Balaban J connectivity index is 2.06. The van der Waals surface area contributed by atoms with Crippen LogP contribution < -0.4 is 4.90 Å². The van der Waals surface area contributed by atoms with Crippen LogP contribution in [0.25, 0.3) is 0 Å². The van der Waals surface area contributed by atoms with Gasteiger partial charge in [0.2, 0.25) is 5.95 Å². The number of aryl methyl sites for hydroxylation is 1. The molecule has 1 aromatic heterocycles. The standard InChI is InChI=1S/C15H16N4/c1-12-10-14(11-16)18-15(17-12)19(2)9-8-13-6-4-3-5-7-13/h3-7,10H,8-9H2,1-2H3. The summed E-state index contributed by atoms with van der Waals surface area (Å²) < 4.78 is 0. The maximum absolute atomic E-state index is 8.92. The zero-order valence-corrected chi connectivity index (χ0v) is 11.2. The second-order valence-electron chi connectivity index (χ2n) is 4.46. The van der Waals surface area contributed by atoms with Gasteiger partial charge in [0.15, 0.2) is 0 Å². The van der Waals surface area contributed by atoms with E-state index in [2.05, 4.69) is 28.2 Å². The summed E-state index contributed by atoms with van der Waals surface area (Å²) in [6.45, 7) is 2.69. The van der Waals surface area contributed by atoms with E-state index in [0.29, 0.717) is 11.6 Å². The molecule has 4 heteroatoms. The SMILES string of the molecule is Cc1cc(C#N)nc(N(C)CCc2ccccc2)n1. The lowest BCUT2D eigenvalue weighted by Crippen LogP contribution is -2.23. The van der Waals surface area contributed by atoms with Crippen molar-refractivity contribution in [3.63, 3.8) is 0 Å². The van der Waals surface area contributed by atoms with Gasteiger partial charge in [-0.05, 0) is 25.0 Å². The molecule has 0 unspecified atom stereocenters. The third-order valence-corrected chi connectivity index (χ3v) is 2.88. The van der Waals surface area contributed by atoms with Crippen LogP contribution in [0.5, 0.6) is 0 Å². The summed E-state index contributed by atoms with van der Waals surface area (Å²) in [6, 6.07) is 14.0. The van der Waals surface area contributed by atoms with Gasteiger partial charge >= 0.3 is 0 Å². The largest absolute Gasteiger partial charge is 0.344 e. The van der Waals surface area contributed by atoms with Crippen LogP contribution in [0.1, 0.15) is 17.0 Å². The Kier molecular flexibility index (Phi) is 4.09. The Bertz CT molecular complexity index is 587. The number of benzene rings is 1. The molecule has 96 valence electrons. The molecule has 2 rings (SSSR count). The van der Waals surface area contributed by atoms with Gasteiger partial charge in [-0.2, -0.15) is 5.26 Å². The van der Waals surface area contributed by atoms with Crippen LogP contribution in [0.3, 0.4) is 0 Å². The lowest BCUT2D eigenvalue weighted by molar-refractivity contribution is 0.831. The first-order valence-electron chi connectivity index (χ1n) is 6.20. The van der Waals surface area contributed by atoms with Gasteiger partial charge in [-0.15, -0.1) is 0 Å². The Hall–Kier alpha value is -2.41. The molecule has 0 amide bonds.